The molecule has 162 valence electrons. The molecule has 0 radical (unpaired) electrons. The third kappa shape index (κ3) is 4.29. The van der Waals surface area contributed by atoms with Crippen LogP contribution in [0.5, 0.6) is 11.6 Å². The van der Waals surface area contributed by atoms with E-state index in [0.29, 0.717) is 28.7 Å². The Hall–Kier alpha value is -4.72. The number of aromatic nitrogens is 2. The van der Waals surface area contributed by atoms with E-state index in [-0.39, 0.29) is 0 Å². The molecule has 0 fully saturated rings. The van der Waals surface area contributed by atoms with Gasteiger partial charge >= 0.3 is 0 Å². The second kappa shape index (κ2) is 9.03. The summed E-state index contributed by atoms with van der Waals surface area (Å²) >= 11 is 1.52. The molecule has 0 atom stereocenters. The zero-order chi connectivity index (χ0) is 23.5. The van der Waals surface area contributed by atoms with Crippen molar-refractivity contribution in [2.24, 2.45) is 0 Å². The standard InChI is InChI=1S/C27H17N5OS/c1-17-14-19(16-29)4-11-23(17)20-5-9-22(10-6-20)33-26-25-24(12-13-34-25)31-27(32-26)30-21-7-2-18(15-28)3-8-21/h2-14H,1H3,(H,30,31,32). The van der Waals surface area contributed by atoms with Crippen LogP contribution in [0.2, 0.25) is 0 Å². The summed E-state index contributed by atoms with van der Waals surface area (Å²) in [4.78, 5) is 9.16. The summed E-state index contributed by atoms with van der Waals surface area (Å²) < 4.78 is 7.01. The molecule has 0 aliphatic carbocycles. The number of hydrogen-bond donors (Lipinski definition) is 1. The number of hydrogen-bond acceptors (Lipinski definition) is 7. The van der Waals surface area contributed by atoms with Crippen LogP contribution in [-0.4, -0.2) is 9.97 Å². The highest BCUT2D eigenvalue weighted by Crippen LogP contribution is 2.34. The lowest BCUT2D eigenvalue weighted by Crippen LogP contribution is -1.99. The smallest absolute Gasteiger partial charge is 0.242 e. The van der Waals surface area contributed by atoms with Gasteiger partial charge in [0.25, 0.3) is 0 Å². The fraction of sp³-hybridized carbons (Fsp3) is 0.0370. The molecule has 0 bridgehead atoms. The minimum Gasteiger partial charge on any atom is -0.437 e. The predicted octanol–water partition coefficient (Wildman–Crippen LogP) is 6.95. The van der Waals surface area contributed by atoms with Gasteiger partial charge in [-0.25, -0.2) is 4.98 Å². The van der Waals surface area contributed by atoms with E-state index in [4.69, 9.17) is 15.3 Å². The number of aryl methyl sites for hydroxylation is 1. The van der Waals surface area contributed by atoms with Crippen LogP contribution in [0.3, 0.4) is 0 Å². The topological polar surface area (TPSA) is 94.6 Å². The Bertz CT molecular complexity index is 1580. The summed E-state index contributed by atoms with van der Waals surface area (Å²) in [7, 11) is 0. The Morgan fingerprint density at radius 1 is 0.853 bits per heavy atom. The number of ether oxygens (including phenoxy) is 1. The van der Waals surface area contributed by atoms with E-state index in [1.807, 2.05) is 73.0 Å². The van der Waals surface area contributed by atoms with Crippen LogP contribution >= 0.6 is 11.3 Å². The summed E-state index contributed by atoms with van der Waals surface area (Å²) in [5.74, 6) is 1.54. The van der Waals surface area contributed by atoms with E-state index in [2.05, 4.69) is 27.4 Å². The molecular formula is C27H17N5OS. The lowest BCUT2D eigenvalue weighted by atomic mass is 9.99. The molecule has 5 aromatic rings. The molecule has 0 spiro atoms. The first kappa shape index (κ1) is 21.1. The minimum absolute atomic E-state index is 0.412. The number of rotatable bonds is 5. The van der Waals surface area contributed by atoms with E-state index >= 15 is 0 Å². The molecule has 5 rings (SSSR count). The highest BCUT2D eigenvalue weighted by atomic mass is 32.1. The monoisotopic (exact) mass is 459 g/mol. The highest BCUT2D eigenvalue weighted by molar-refractivity contribution is 7.17. The third-order valence-corrected chi connectivity index (χ3v) is 6.17. The van der Waals surface area contributed by atoms with Crippen LogP contribution in [0.15, 0.2) is 78.2 Å². The van der Waals surface area contributed by atoms with E-state index in [1.54, 1.807) is 12.1 Å². The Kier molecular flexibility index (Phi) is 5.61. The molecular weight excluding hydrogens is 442 g/mol. The van der Waals surface area contributed by atoms with Gasteiger partial charge in [-0.05, 0) is 83.6 Å². The van der Waals surface area contributed by atoms with Gasteiger partial charge < -0.3 is 10.1 Å². The number of nitrogens with one attached hydrogen (secondary N) is 1. The first-order valence-corrected chi connectivity index (χ1v) is 11.3. The van der Waals surface area contributed by atoms with E-state index in [0.717, 1.165) is 32.6 Å². The molecule has 0 saturated carbocycles. The summed E-state index contributed by atoms with van der Waals surface area (Å²) in [5, 5.41) is 23.2. The number of thiophene rings is 1. The summed E-state index contributed by atoms with van der Waals surface area (Å²) in [6.45, 7) is 2.00. The fourth-order valence-corrected chi connectivity index (χ4v) is 4.35. The lowest BCUT2D eigenvalue weighted by molar-refractivity contribution is 0.470. The van der Waals surface area contributed by atoms with Gasteiger partial charge in [-0.15, -0.1) is 11.3 Å². The summed E-state index contributed by atoms with van der Waals surface area (Å²) in [5.41, 5.74) is 5.96. The Morgan fingerprint density at radius 3 is 2.29 bits per heavy atom. The normalized spacial score (nSPS) is 10.4. The van der Waals surface area contributed by atoms with Crippen molar-refractivity contribution in [2.75, 3.05) is 5.32 Å². The van der Waals surface area contributed by atoms with Gasteiger partial charge in [-0.2, -0.15) is 15.5 Å². The minimum atomic E-state index is 0.412. The summed E-state index contributed by atoms with van der Waals surface area (Å²) in [6.07, 6.45) is 0. The van der Waals surface area contributed by atoms with Crippen molar-refractivity contribution < 1.29 is 4.74 Å². The molecule has 2 aromatic heterocycles. The Morgan fingerprint density at radius 2 is 1.59 bits per heavy atom. The van der Waals surface area contributed by atoms with Gasteiger partial charge in [0.05, 0.1) is 28.8 Å². The second-order valence-electron chi connectivity index (χ2n) is 7.57. The van der Waals surface area contributed by atoms with Crippen molar-refractivity contribution in [3.63, 3.8) is 0 Å². The fourth-order valence-electron chi connectivity index (χ4n) is 3.59. The van der Waals surface area contributed by atoms with Crippen molar-refractivity contribution in [3.8, 4) is 34.9 Å². The average Bonchev–Trinajstić information content (AvgIpc) is 3.34. The van der Waals surface area contributed by atoms with Crippen LogP contribution in [0.25, 0.3) is 21.3 Å². The van der Waals surface area contributed by atoms with Gasteiger partial charge in [-0.3, -0.25) is 0 Å². The number of nitrogens with zero attached hydrogens (tertiary/aromatic N) is 4. The third-order valence-electron chi connectivity index (χ3n) is 5.28. The summed E-state index contributed by atoms with van der Waals surface area (Å²) in [6, 6.07) is 26.8. The molecule has 2 heterocycles. The second-order valence-corrected chi connectivity index (χ2v) is 8.49. The highest BCUT2D eigenvalue weighted by Gasteiger charge is 2.12. The zero-order valence-corrected chi connectivity index (χ0v) is 18.9. The maximum Gasteiger partial charge on any atom is 0.242 e. The van der Waals surface area contributed by atoms with Crippen molar-refractivity contribution >= 4 is 33.2 Å². The van der Waals surface area contributed by atoms with Crippen LogP contribution in [0.4, 0.5) is 11.6 Å². The van der Waals surface area contributed by atoms with Gasteiger partial charge in [0, 0.05) is 5.69 Å². The van der Waals surface area contributed by atoms with E-state index in [1.165, 1.54) is 11.3 Å². The van der Waals surface area contributed by atoms with E-state index in [9.17, 15) is 0 Å². The number of nitriles is 2. The van der Waals surface area contributed by atoms with Gasteiger partial charge in [0.15, 0.2) is 0 Å². The van der Waals surface area contributed by atoms with Crippen LogP contribution in [0, 0.1) is 29.6 Å². The van der Waals surface area contributed by atoms with Crippen LogP contribution < -0.4 is 10.1 Å². The van der Waals surface area contributed by atoms with E-state index < -0.39 is 0 Å². The largest absolute Gasteiger partial charge is 0.437 e. The van der Waals surface area contributed by atoms with Crippen LogP contribution in [0.1, 0.15) is 16.7 Å². The SMILES string of the molecule is Cc1cc(C#N)ccc1-c1ccc(Oc2nc(Nc3ccc(C#N)cc3)nc3ccsc23)cc1. The number of fused-ring (bicyclic) bond motifs is 1. The average molecular weight is 460 g/mol. The zero-order valence-electron chi connectivity index (χ0n) is 18.1. The molecule has 0 aliphatic heterocycles. The maximum atomic E-state index is 9.09. The Balaban J connectivity index is 1.41. The molecule has 0 saturated heterocycles. The van der Waals surface area contributed by atoms with Crippen molar-refractivity contribution in [1.29, 1.82) is 10.5 Å². The first-order valence-electron chi connectivity index (χ1n) is 10.4. The number of benzene rings is 3. The first-order chi connectivity index (χ1) is 16.6. The molecule has 1 N–H and O–H groups in total. The lowest BCUT2D eigenvalue weighted by Gasteiger charge is -2.11. The van der Waals surface area contributed by atoms with Gasteiger partial charge in [0.1, 0.15) is 10.4 Å². The van der Waals surface area contributed by atoms with Gasteiger partial charge in [-0.1, -0.05) is 18.2 Å². The molecule has 7 heteroatoms. The molecule has 6 nitrogen and oxygen atoms in total. The van der Waals surface area contributed by atoms with Crippen molar-refractivity contribution in [1.82, 2.24) is 9.97 Å². The van der Waals surface area contributed by atoms with Gasteiger partial charge in [0.2, 0.25) is 11.8 Å². The molecule has 0 unspecified atom stereocenters. The van der Waals surface area contributed by atoms with Crippen LogP contribution in [-0.2, 0) is 0 Å². The number of anilines is 2. The molecule has 34 heavy (non-hydrogen) atoms. The molecule has 0 amide bonds. The molecule has 0 aliphatic rings. The van der Waals surface area contributed by atoms with Crippen molar-refractivity contribution in [3.05, 3.63) is 94.9 Å². The van der Waals surface area contributed by atoms with Crippen molar-refractivity contribution in [2.45, 2.75) is 6.92 Å². The Labute approximate surface area is 200 Å². The predicted molar refractivity (Wildman–Crippen MR) is 133 cm³/mol. The quantitative estimate of drug-likeness (QED) is 0.306. The maximum absolute atomic E-state index is 9.09. The molecule has 3 aromatic carbocycles.